The zero-order chi connectivity index (χ0) is 12.3. The van der Waals surface area contributed by atoms with Crippen molar-refractivity contribution in [2.24, 2.45) is 0 Å². The molecule has 1 amide bonds. The maximum atomic E-state index is 12.0. The van der Waals surface area contributed by atoms with Gasteiger partial charge in [-0.15, -0.1) is 12.4 Å². The van der Waals surface area contributed by atoms with Gasteiger partial charge in [0.25, 0.3) is 0 Å². The number of nitrogens with one attached hydrogen (secondary N) is 1. The molecule has 1 N–H and O–H groups in total. The highest BCUT2D eigenvalue weighted by Gasteiger charge is 2.21. The van der Waals surface area contributed by atoms with Gasteiger partial charge in [0.05, 0.1) is 12.6 Å². The summed E-state index contributed by atoms with van der Waals surface area (Å²) in [5.41, 5.74) is 0.722. The first-order chi connectivity index (χ1) is 8.15. The third-order valence-corrected chi connectivity index (χ3v) is 2.42. The standard InChI is InChI=1S/C11H11F2NO3.ClH/c12-10(13)17-8-3-1-2-7(6-8)9-4-5-16-11(15)14-9;/h1-3,6,9-10H,4-5H2,(H,14,15);1H/t9-;/m0./s1. The van der Waals surface area contributed by atoms with Crippen LogP contribution < -0.4 is 10.1 Å². The number of alkyl halides is 2. The Balaban J connectivity index is 0.00000162. The molecule has 4 nitrogen and oxygen atoms in total. The lowest BCUT2D eigenvalue weighted by molar-refractivity contribution is -0.0499. The number of carbonyl (C=O) groups is 1. The summed E-state index contributed by atoms with van der Waals surface area (Å²) in [5.74, 6) is 0.0817. The Morgan fingerprint density at radius 1 is 1.44 bits per heavy atom. The van der Waals surface area contributed by atoms with E-state index in [1.54, 1.807) is 12.1 Å². The highest BCUT2D eigenvalue weighted by molar-refractivity contribution is 5.85. The van der Waals surface area contributed by atoms with Crippen LogP contribution in [0.25, 0.3) is 0 Å². The molecule has 100 valence electrons. The summed E-state index contributed by atoms with van der Waals surface area (Å²) < 4.78 is 33.1. The lowest BCUT2D eigenvalue weighted by atomic mass is 10.0. The quantitative estimate of drug-likeness (QED) is 0.925. The maximum Gasteiger partial charge on any atom is 0.407 e. The molecule has 2 rings (SSSR count). The predicted molar refractivity (Wildman–Crippen MR) is 62.2 cm³/mol. The van der Waals surface area contributed by atoms with Gasteiger partial charge in [-0.3, -0.25) is 0 Å². The van der Waals surface area contributed by atoms with E-state index in [1.807, 2.05) is 0 Å². The Kier molecular flexibility index (Phi) is 5.15. The van der Waals surface area contributed by atoms with Gasteiger partial charge < -0.3 is 14.8 Å². The van der Waals surface area contributed by atoms with Crippen molar-refractivity contribution in [3.05, 3.63) is 29.8 Å². The third kappa shape index (κ3) is 3.73. The summed E-state index contributed by atoms with van der Waals surface area (Å²) in [6.07, 6.45) is 0.102. The van der Waals surface area contributed by atoms with Gasteiger partial charge in [0.15, 0.2) is 0 Å². The molecular weight excluding hydrogens is 268 g/mol. The molecule has 1 fully saturated rings. The molecule has 0 saturated carbocycles. The Morgan fingerprint density at radius 3 is 2.89 bits per heavy atom. The first kappa shape index (κ1) is 14.5. The lowest BCUT2D eigenvalue weighted by Crippen LogP contribution is -2.35. The monoisotopic (exact) mass is 279 g/mol. The first-order valence-corrected chi connectivity index (χ1v) is 5.13. The summed E-state index contributed by atoms with van der Waals surface area (Å²) >= 11 is 0. The van der Waals surface area contributed by atoms with E-state index in [1.165, 1.54) is 12.1 Å². The number of hydrogen-bond acceptors (Lipinski definition) is 3. The van der Waals surface area contributed by atoms with E-state index in [4.69, 9.17) is 4.74 Å². The normalized spacial score (nSPS) is 18.6. The maximum absolute atomic E-state index is 12.0. The number of halogens is 3. The number of amides is 1. The molecule has 18 heavy (non-hydrogen) atoms. The van der Waals surface area contributed by atoms with Crippen LogP contribution >= 0.6 is 12.4 Å². The molecule has 0 aliphatic carbocycles. The molecule has 1 aliphatic heterocycles. The largest absolute Gasteiger partial charge is 0.449 e. The molecule has 1 aromatic rings. The van der Waals surface area contributed by atoms with E-state index in [2.05, 4.69) is 10.1 Å². The van der Waals surface area contributed by atoms with E-state index in [-0.39, 0.29) is 24.2 Å². The minimum atomic E-state index is -2.85. The van der Waals surface area contributed by atoms with Crippen LogP contribution in [0.2, 0.25) is 0 Å². The third-order valence-electron chi connectivity index (χ3n) is 2.42. The Morgan fingerprint density at radius 2 is 2.22 bits per heavy atom. The molecular formula is C11H12ClF2NO3. The molecule has 1 saturated heterocycles. The van der Waals surface area contributed by atoms with Crippen molar-refractivity contribution in [2.75, 3.05) is 6.61 Å². The molecule has 1 atom stereocenters. The van der Waals surface area contributed by atoms with Crippen molar-refractivity contribution >= 4 is 18.5 Å². The van der Waals surface area contributed by atoms with E-state index in [9.17, 15) is 13.6 Å². The Labute approximate surface area is 109 Å². The molecule has 0 spiro atoms. The molecule has 0 bridgehead atoms. The zero-order valence-electron chi connectivity index (χ0n) is 9.27. The summed E-state index contributed by atoms with van der Waals surface area (Å²) in [4.78, 5) is 11.0. The van der Waals surface area contributed by atoms with Crippen LogP contribution in [0.1, 0.15) is 18.0 Å². The number of hydrogen-bond donors (Lipinski definition) is 1. The van der Waals surface area contributed by atoms with Gasteiger partial charge in [-0.1, -0.05) is 12.1 Å². The molecule has 1 aliphatic rings. The van der Waals surface area contributed by atoms with Crippen molar-refractivity contribution in [3.8, 4) is 5.75 Å². The Bertz CT molecular complexity index is 417. The van der Waals surface area contributed by atoms with Crippen molar-refractivity contribution in [1.29, 1.82) is 0 Å². The number of benzene rings is 1. The van der Waals surface area contributed by atoms with E-state index >= 15 is 0 Å². The number of alkyl carbamates (subject to hydrolysis) is 1. The van der Waals surface area contributed by atoms with Crippen molar-refractivity contribution in [1.82, 2.24) is 5.32 Å². The summed E-state index contributed by atoms with van der Waals surface area (Å²) in [5, 5.41) is 2.61. The van der Waals surface area contributed by atoms with Crippen molar-refractivity contribution in [3.63, 3.8) is 0 Å². The van der Waals surface area contributed by atoms with Crippen LogP contribution in [-0.4, -0.2) is 19.3 Å². The fourth-order valence-electron chi connectivity index (χ4n) is 1.68. The number of ether oxygens (including phenoxy) is 2. The molecule has 0 aromatic heterocycles. The highest BCUT2D eigenvalue weighted by Crippen LogP contribution is 2.24. The average molecular weight is 280 g/mol. The SMILES string of the molecule is Cl.O=C1N[C@H](c2cccc(OC(F)F)c2)CCO1. The van der Waals surface area contributed by atoms with Crippen molar-refractivity contribution in [2.45, 2.75) is 19.1 Å². The van der Waals surface area contributed by atoms with Gasteiger partial charge in [-0.05, 0) is 17.7 Å². The molecule has 1 aromatic carbocycles. The molecule has 7 heteroatoms. The molecule has 0 unspecified atom stereocenters. The molecule has 0 radical (unpaired) electrons. The predicted octanol–water partition coefficient (Wildman–Crippen LogP) is 2.88. The van der Waals surface area contributed by atoms with Gasteiger partial charge in [0, 0.05) is 6.42 Å². The van der Waals surface area contributed by atoms with Crippen LogP contribution in [0.3, 0.4) is 0 Å². The van der Waals surface area contributed by atoms with E-state index in [0.717, 1.165) is 5.56 Å². The van der Waals surface area contributed by atoms with E-state index in [0.29, 0.717) is 13.0 Å². The summed E-state index contributed by atoms with van der Waals surface area (Å²) in [6.45, 7) is -2.54. The smallest absolute Gasteiger partial charge is 0.407 e. The number of carbonyl (C=O) groups excluding carboxylic acids is 1. The lowest BCUT2D eigenvalue weighted by Gasteiger charge is -2.23. The van der Waals surface area contributed by atoms with Crippen LogP contribution in [-0.2, 0) is 4.74 Å². The Hall–Kier alpha value is -1.56. The number of rotatable bonds is 3. The zero-order valence-corrected chi connectivity index (χ0v) is 10.1. The van der Waals surface area contributed by atoms with Gasteiger partial charge in [0.2, 0.25) is 0 Å². The fourth-order valence-corrected chi connectivity index (χ4v) is 1.68. The fraction of sp³-hybridized carbons (Fsp3) is 0.364. The van der Waals surface area contributed by atoms with Gasteiger partial charge in [-0.2, -0.15) is 8.78 Å². The second kappa shape index (κ2) is 6.39. The highest BCUT2D eigenvalue weighted by atomic mass is 35.5. The summed E-state index contributed by atoms with van der Waals surface area (Å²) in [7, 11) is 0. The second-order valence-corrected chi connectivity index (χ2v) is 3.57. The number of cyclic esters (lactones) is 1. The van der Waals surface area contributed by atoms with Gasteiger partial charge in [-0.25, -0.2) is 4.79 Å². The van der Waals surface area contributed by atoms with Crippen LogP contribution in [0, 0.1) is 0 Å². The first-order valence-electron chi connectivity index (χ1n) is 5.13. The second-order valence-electron chi connectivity index (χ2n) is 3.57. The van der Waals surface area contributed by atoms with E-state index < -0.39 is 12.7 Å². The minimum absolute atomic E-state index is 0. The van der Waals surface area contributed by atoms with Crippen LogP contribution in [0.4, 0.5) is 13.6 Å². The van der Waals surface area contributed by atoms with Crippen molar-refractivity contribution < 1.29 is 23.0 Å². The van der Waals surface area contributed by atoms with Crippen LogP contribution in [0.15, 0.2) is 24.3 Å². The van der Waals surface area contributed by atoms with Gasteiger partial charge in [0.1, 0.15) is 5.75 Å². The van der Waals surface area contributed by atoms with Gasteiger partial charge >= 0.3 is 12.7 Å². The van der Waals surface area contributed by atoms with Crippen LogP contribution in [0.5, 0.6) is 5.75 Å². The molecule has 1 heterocycles. The summed E-state index contributed by atoms with van der Waals surface area (Å²) in [6, 6.07) is 6.06. The minimum Gasteiger partial charge on any atom is -0.449 e. The topological polar surface area (TPSA) is 47.6 Å². The average Bonchev–Trinajstić information content (AvgIpc) is 2.28.